The summed E-state index contributed by atoms with van der Waals surface area (Å²) < 4.78 is 0. The molecule has 0 aromatic heterocycles. The number of rotatable bonds is 1. The second-order valence-corrected chi connectivity index (χ2v) is 4.16. The Kier molecular flexibility index (Phi) is 2.44. The van der Waals surface area contributed by atoms with Crippen LogP contribution in [0.25, 0.3) is 0 Å². The maximum atomic E-state index is 11.7. The summed E-state index contributed by atoms with van der Waals surface area (Å²) in [6.45, 7) is 1.73. The minimum Gasteiger partial charge on any atom is -0.348 e. The summed E-state index contributed by atoms with van der Waals surface area (Å²) >= 11 is 0. The second-order valence-electron chi connectivity index (χ2n) is 4.16. The first-order chi connectivity index (χ1) is 6.70. The van der Waals surface area contributed by atoms with E-state index in [2.05, 4.69) is 0 Å². The molecule has 2 heterocycles. The first-order valence-electron chi connectivity index (χ1n) is 5.29. The third-order valence-electron chi connectivity index (χ3n) is 3.18. The second kappa shape index (κ2) is 3.59. The lowest BCUT2D eigenvalue weighted by Gasteiger charge is -2.33. The fourth-order valence-electron chi connectivity index (χ4n) is 2.29. The fourth-order valence-corrected chi connectivity index (χ4v) is 2.29. The molecular weight excluding hydrogens is 178 g/mol. The molecule has 2 aliphatic rings. The van der Waals surface area contributed by atoms with Crippen LogP contribution in [-0.4, -0.2) is 47.7 Å². The van der Waals surface area contributed by atoms with Crippen LogP contribution in [0, 0.1) is 5.41 Å². The van der Waals surface area contributed by atoms with E-state index >= 15 is 0 Å². The number of amides is 1. The quantitative estimate of drug-likeness (QED) is 0.669. The van der Waals surface area contributed by atoms with Crippen LogP contribution in [0.1, 0.15) is 25.7 Å². The highest BCUT2D eigenvalue weighted by atomic mass is 16.2. The van der Waals surface area contributed by atoms with Crippen LogP contribution < -0.4 is 0 Å². The number of nitrogens with one attached hydrogen (secondary N) is 1. The van der Waals surface area contributed by atoms with Gasteiger partial charge < -0.3 is 9.80 Å². The molecule has 4 nitrogen and oxygen atoms in total. The zero-order chi connectivity index (χ0) is 10.1. The number of amidine groups is 1. The SMILES string of the molecule is CN1CCC(N2CCCCC2=N)C1=O. The molecule has 14 heavy (non-hydrogen) atoms. The van der Waals surface area contributed by atoms with Crippen molar-refractivity contribution in [2.24, 2.45) is 0 Å². The molecule has 4 heteroatoms. The molecule has 0 aromatic rings. The van der Waals surface area contributed by atoms with Crippen molar-refractivity contribution >= 4 is 11.7 Å². The normalized spacial score (nSPS) is 28.8. The van der Waals surface area contributed by atoms with Gasteiger partial charge in [-0.1, -0.05) is 0 Å². The molecule has 0 bridgehead atoms. The number of likely N-dealkylation sites (tertiary alicyclic amines) is 2. The van der Waals surface area contributed by atoms with Gasteiger partial charge in [0.1, 0.15) is 6.04 Å². The van der Waals surface area contributed by atoms with Crippen molar-refractivity contribution in [3.05, 3.63) is 0 Å². The van der Waals surface area contributed by atoms with Crippen molar-refractivity contribution < 1.29 is 4.79 Å². The lowest BCUT2D eigenvalue weighted by atomic mass is 10.1. The van der Waals surface area contributed by atoms with Crippen molar-refractivity contribution in [2.45, 2.75) is 31.7 Å². The summed E-state index contributed by atoms with van der Waals surface area (Å²) in [5, 5.41) is 7.82. The summed E-state index contributed by atoms with van der Waals surface area (Å²) in [6.07, 6.45) is 3.95. The standard InChI is InChI=1S/C10H17N3O/c1-12-7-5-8(10(12)14)13-6-3-2-4-9(13)11/h8,11H,2-7H2,1H3. The van der Waals surface area contributed by atoms with Gasteiger partial charge in [-0.05, 0) is 19.3 Å². The van der Waals surface area contributed by atoms with Gasteiger partial charge in [0.25, 0.3) is 0 Å². The van der Waals surface area contributed by atoms with Crippen LogP contribution in [0.2, 0.25) is 0 Å². The summed E-state index contributed by atoms with van der Waals surface area (Å²) in [6, 6.07) is -0.0344. The Morgan fingerprint density at radius 3 is 2.71 bits per heavy atom. The Labute approximate surface area is 84.4 Å². The Bertz CT molecular complexity index is 262. The molecule has 0 saturated carbocycles. The molecule has 1 unspecified atom stereocenters. The molecule has 0 aromatic carbocycles. The van der Waals surface area contributed by atoms with Crippen molar-refractivity contribution in [2.75, 3.05) is 20.1 Å². The van der Waals surface area contributed by atoms with E-state index in [0.717, 1.165) is 38.8 Å². The Balaban J connectivity index is 2.07. The molecule has 1 atom stereocenters. The third-order valence-corrected chi connectivity index (χ3v) is 3.18. The van der Waals surface area contributed by atoms with Gasteiger partial charge in [0.15, 0.2) is 0 Å². The summed E-state index contributed by atoms with van der Waals surface area (Å²) in [7, 11) is 1.84. The average Bonchev–Trinajstić information content (AvgIpc) is 2.49. The highest BCUT2D eigenvalue weighted by Gasteiger charge is 2.35. The van der Waals surface area contributed by atoms with E-state index in [1.54, 1.807) is 4.90 Å². The van der Waals surface area contributed by atoms with Crippen molar-refractivity contribution in [1.82, 2.24) is 9.80 Å². The van der Waals surface area contributed by atoms with E-state index in [-0.39, 0.29) is 11.9 Å². The number of hydrogen-bond acceptors (Lipinski definition) is 2. The number of nitrogens with zero attached hydrogens (tertiary/aromatic N) is 2. The summed E-state index contributed by atoms with van der Waals surface area (Å²) in [5.74, 6) is 0.849. The number of likely N-dealkylation sites (N-methyl/N-ethyl adjacent to an activating group) is 1. The maximum Gasteiger partial charge on any atom is 0.245 e. The van der Waals surface area contributed by atoms with Gasteiger partial charge in [0.2, 0.25) is 5.91 Å². The Hall–Kier alpha value is -1.06. The lowest BCUT2D eigenvalue weighted by molar-refractivity contribution is -0.130. The largest absolute Gasteiger partial charge is 0.348 e. The van der Waals surface area contributed by atoms with Gasteiger partial charge in [0.05, 0.1) is 5.84 Å². The number of hydrogen-bond donors (Lipinski definition) is 1. The van der Waals surface area contributed by atoms with Gasteiger partial charge >= 0.3 is 0 Å². The average molecular weight is 195 g/mol. The molecule has 2 saturated heterocycles. The predicted molar refractivity (Wildman–Crippen MR) is 54.3 cm³/mol. The molecule has 1 N–H and O–H groups in total. The minimum atomic E-state index is -0.0344. The van der Waals surface area contributed by atoms with Crippen LogP contribution in [0.4, 0.5) is 0 Å². The van der Waals surface area contributed by atoms with E-state index in [4.69, 9.17) is 5.41 Å². The van der Waals surface area contributed by atoms with Gasteiger partial charge in [-0.3, -0.25) is 10.2 Å². The summed E-state index contributed by atoms with van der Waals surface area (Å²) in [5.41, 5.74) is 0. The van der Waals surface area contributed by atoms with Crippen LogP contribution in [-0.2, 0) is 4.79 Å². The predicted octanol–water partition coefficient (Wildman–Crippen LogP) is 0.680. The Morgan fingerprint density at radius 1 is 1.36 bits per heavy atom. The van der Waals surface area contributed by atoms with Crippen molar-refractivity contribution in [3.63, 3.8) is 0 Å². The van der Waals surface area contributed by atoms with E-state index in [1.165, 1.54) is 0 Å². The van der Waals surface area contributed by atoms with Crippen LogP contribution in [0.3, 0.4) is 0 Å². The fraction of sp³-hybridized carbons (Fsp3) is 0.800. The number of carbonyl (C=O) groups is 1. The van der Waals surface area contributed by atoms with Gasteiger partial charge in [-0.25, -0.2) is 0 Å². The topological polar surface area (TPSA) is 47.4 Å². The first-order valence-corrected chi connectivity index (χ1v) is 5.29. The highest BCUT2D eigenvalue weighted by molar-refractivity contribution is 5.90. The molecule has 2 rings (SSSR count). The van der Waals surface area contributed by atoms with Crippen LogP contribution in [0.5, 0.6) is 0 Å². The molecular formula is C10H17N3O. The van der Waals surface area contributed by atoms with Gasteiger partial charge in [-0.15, -0.1) is 0 Å². The monoisotopic (exact) mass is 195 g/mol. The zero-order valence-electron chi connectivity index (χ0n) is 8.62. The molecule has 2 fully saturated rings. The molecule has 78 valence electrons. The number of carbonyl (C=O) groups excluding carboxylic acids is 1. The van der Waals surface area contributed by atoms with E-state index in [9.17, 15) is 4.79 Å². The molecule has 0 radical (unpaired) electrons. The van der Waals surface area contributed by atoms with E-state index in [0.29, 0.717) is 5.84 Å². The first kappa shape index (κ1) is 9.49. The van der Waals surface area contributed by atoms with Crippen molar-refractivity contribution in [3.8, 4) is 0 Å². The van der Waals surface area contributed by atoms with E-state index < -0.39 is 0 Å². The molecule has 1 amide bonds. The van der Waals surface area contributed by atoms with Crippen LogP contribution >= 0.6 is 0 Å². The number of piperidine rings is 1. The van der Waals surface area contributed by atoms with Crippen LogP contribution in [0.15, 0.2) is 0 Å². The molecule has 2 aliphatic heterocycles. The van der Waals surface area contributed by atoms with Gasteiger partial charge in [0, 0.05) is 26.6 Å². The molecule has 0 spiro atoms. The maximum absolute atomic E-state index is 11.7. The zero-order valence-corrected chi connectivity index (χ0v) is 8.62. The molecule has 0 aliphatic carbocycles. The van der Waals surface area contributed by atoms with Gasteiger partial charge in [-0.2, -0.15) is 0 Å². The minimum absolute atomic E-state index is 0.0344. The smallest absolute Gasteiger partial charge is 0.245 e. The van der Waals surface area contributed by atoms with E-state index in [1.807, 2.05) is 11.9 Å². The Morgan fingerprint density at radius 2 is 2.14 bits per heavy atom. The lowest BCUT2D eigenvalue weighted by Crippen LogP contribution is -2.46. The van der Waals surface area contributed by atoms with Crippen molar-refractivity contribution in [1.29, 1.82) is 5.41 Å². The third kappa shape index (κ3) is 1.49. The highest BCUT2D eigenvalue weighted by Crippen LogP contribution is 2.21. The summed E-state index contributed by atoms with van der Waals surface area (Å²) in [4.78, 5) is 15.5.